The predicted molar refractivity (Wildman–Crippen MR) is 85.0 cm³/mol. The molecule has 0 saturated carbocycles. The number of hydrazone groups is 1. The Bertz CT molecular complexity index is 629. The maximum Gasteiger partial charge on any atom is 0.247 e. The van der Waals surface area contributed by atoms with Gasteiger partial charge in [-0.2, -0.15) is 5.10 Å². The molecule has 1 unspecified atom stereocenters. The normalized spacial score (nSPS) is 17.3. The summed E-state index contributed by atoms with van der Waals surface area (Å²) in [6.07, 6.45) is 1.45. The number of nitrogens with zero attached hydrogens (tertiary/aromatic N) is 1. The first-order chi connectivity index (χ1) is 10.5. The third kappa shape index (κ3) is 3.85. The number of carbonyl (C=O) groups excluding carboxylic acids is 2. The first-order valence-electron chi connectivity index (χ1n) is 6.41. The maximum absolute atomic E-state index is 11.8. The number of carbonyl (C=O) groups is 2. The molecular weight excluding hydrogens is 352 g/mol. The van der Waals surface area contributed by atoms with Gasteiger partial charge in [-0.05, 0) is 18.2 Å². The molecule has 1 saturated heterocycles. The number of rotatable bonds is 5. The van der Waals surface area contributed by atoms with Gasteiger partial charge in [-0.15, -0.1) is 0 Å². The summed E-state index contributed by atoms with van der Waals surface area (Å²) in [6.45, 7) is 3.66. The number of methoxy groups -OCH3 is 1. The SMILES string of the molecule is C=C1NNC(=O)C1CC(=O)NN=Cc1cc(Br)ccc1OC. The molecule has 8 heteroatoms. The van der Waals surface area contributed by atoms with Crippen molar-refractivity contribution in [3.8, 4) is 5.75 Å². The van der Waals surface area contributed by atoms with Crippen molar-refractivity contribution in [1.82, 2.24) is 16.3 Å². The van der Waals surface area contributed by atoms with Gasteiger partial charge in [0.15, 0.2) is 0 Å². The minimum absolute atomic E-state index is 0.0232. The van der Waals surface area contributed by atoms with Crippen LogP contribution in [0, 0.1) is 5.92 Å². The van der Waals surface area contributed by atoms with Crippen LogP contribution in [-0.4, -0.2) is 25.1 Å². The van der Waals surface area contributed by atoms with E-state index in [1.807, 2.05) is 12.1 Å². The molecule has 0 aromatic heterocycles. The first-order valence-corrected chi connectivity index (χ1v) is 7.20. The zero-order valence-electron chi connectivity index (χ0n) is 11.9. The lowest BCUT2D eigenvalue weighted by atomic mass is 10.0. The van der Waals surface area contributed by atoms with Crippen LogP contribution in [0.4, 0.5) is 0 Å². The van der Waals surface area contributed by atoms with Crippen molar-refractivity contribution in [1.29, 1.82) is 0 Å². The van der Waals surface area contributed by atoms with Gasteiger partial charge in [-0.25, -0.2) is 5.43 Å². The summed E-state index contributed by atoms with van der Waals surface area (Å²) in [5.74, 6) is -0.613. The summed E-state index contributed by atoms with van der Waals surface area (Å²) in [4.78, 5) is 23.2. The Morgan fingerprint density at radius 3 is 2.95 bits per heavy atom. The van der Waals surface area contributed by atoms with Gasteiger partial charge in [0.25, 0.3) is 0 Å². The highest BCUT2D eigenvalue weighted by atomic mass is 79.9. The molecule has 1 aromatic rings. The molecule has 2 rings (SSSR count). The third-order valence-corrected chi connectivity index (χ3v) is 3.55. The minimum atomic E-state index is -0.587. The average molecular weight is 367 g/mol. The standard InChI is InChI=1S/C14H15BrN4O3/c1-8-11(14(21)19-17-8)6-13(20)18-16-7-9-5-10(15)3-4-12(9)22-2/h3-5,7,11,17H,1,6H2,2H3,(H,18,20)(H,19,21). The minimum Gasteiger partial charge on any atom is -0.496 e. The van der Waals surface area contributed by atoms with Crippen molar-refractivity contribution in [3.63, 3.8) is 0 Å². The van der Waals surface area contributed by atoms with Crippen LogP contribution in [-0.2, 0) is 9.59 Å². The Morgan fingerprint density at radius 1 is 1.55 bits per heavy atom. The Hall–Kier alpha value is -2.35. The van der Waals surface area contributed by atoms with Crippen LogP contribution in [0.15, 0.2) is 40.0 Å². The number of amides is 2. The lowest BCUT2D eigenvalue weighted by Crippen LogP contribution is -2.27. The molecule has 22 heavy (non-hydrogen) atoms. The number of hydrogen-bond donors (Lipinski definition) is 3. The van der Waals surface area contributed by atoms with Crippen molar-refractivity contribution in [3.05, 3.63) is 40.5 Å². The number of benzene rings is 1. The van der Waals surface area contributed by atoms with E-state index in [4.69, 9.17) is 4.74 Å². The fraction of sp³-hybridized carbons (Fsp3) is 0.214. The molecule has 1 aliphatic heterocycles. The Labute approximate surface area is 135 Å². The Morgan fingerprint density at radius 2 is 2.32 bits per heavy atom. The van der Waals surface area contributed by atoms with Gasteiger partial charge in [-0.3, -0.25) is 15.0 Å². The largest absolute Gasteiger partial charge is 0.496 e. The fourth-order valence-electron chi connectivity index (χ4n) is 1.90. The van der Waals surface area contributed by atoms with E-state index in [2.05, 4.69) is 43.9 Å². The fourth-order valence-corrected chi connectivity index (χ4v) is 2.28. The van der Waals surface area contributed by atoms with Crippen molar-refractivity contribution in [2.45, 2.75) is 6.42 Å². The maximum atomic E-state index is 11.8. The van der Waals surface area contributed by atoms with Crippen molar-refractivity contribution >= 4 is 34.0 Å². The van der Waals surface area contributed by atoms with Gasteiger partial charge < -0.3 is 10.2 Å². The van der Waals surface area contributed by atoms with Crippen molar-refractivity contribution in [2.24, 2.45) is 11.0 Å². The molecule has 2 amide bonds. The molecule has 0 bridgehead atoms. The van der Waals surface area contributed by atoms with E-state index in [-0.39, 0.29) is 18.2 Å². The number of halogens is 1. The topological polar surface area (TPSA) is 91.8 Å². The Kier molecular flexibility index (Phi) is 5.16. The van der Waals surface area contributed by atoms with Crippen LogP contribution < -0.4 is 21.0 Å². The predicted octanol–water partition coefficient (Wildman–Crippen LogP) is 1.06. The lowest BCUT2D eigenvalue weighted by molar-refractivity contribution is -0.127. The van der Waals surface area contributed by atoms with Gasteiger partial charge >= 0.3 is 0 Å². The molecule has 3 N–H and O–H groups in total. The summed E-state index contributed by atoms with van der Waals surface area (Å²) < 4.78 is 6.06. The quantitative estimate of drug-likeness (QED) is 0.536. The molecule has 0 radical (unpaired) electrons. The second-order valence-corrected chi connectivity index (χ2v) is 5.49. The smallest absolute Gasteiger partial charge is 0.247 e. The molecule has 0 aliphatic carbocycles. The third-order valence-electron chi connectivity index (χ3n) is 3.06. The lowest BCUT2D eigenvalue weighted by Gasteiger charge is -2.06. The molecule has 1 heterocycles. The van der Waals surface area contributed by atoms with E-state index in [9.17, 15) is 9.59 Å². The van der Waals surface area contributed by atoms with Gasteiger partial charge in [0.05, 0.1) is 19.2 Å². The van der Waals surface area contributed by atoms with Crippen LogP contribution in [0.2, 0.25) is 0 Å². The molecular formula is C14H15BrN4O3. The first kappa shape index (κ1) is 16.0. The van der Waals surface area contributed by atoms with Crippen LogP contribution in [0.3, 0.4) is 0 Å². The number of nitrogens with one attached hydrogen (secondary N) is 3. The van der Waals surface area contributed by atoms with Gasteiger partial charge in [0.1, 0.15) is 5.75 Å². The van der Waals surface area contributed by atoms with Gasteiger partial charge in [0.2, 0.25) is 11.8 Å². The molecule has 1 aliphatic rings. The highest BCUT2D eigenvalue weighted by Crippen LogP contribution is 2.21. The Balaban J connectivity index is 1.95. The number of ether oxygens (including phenoxy) is 1. The molecule has 0 spiro atoms. The van der Waals surface area contributed by atoms with E-state index in [0.717, 1.165) is 4.47 Å². The number of hydrazine groups is 1. The highest BCUT2D eigenvalue weighted by Gasteiger charge is 2.29. The van der Waals surface area contributed by atoms with Crippen LogP contribution in [0.25, 0.3) is 0 Å². The zero-order chi connectivity index (χ0) is 16.1. The van der Waals surface area contributed by atoms with E-state index in [1.54, 1.807) is 13.2 Å². The molecule has 116 valence electrons. The van der Waals surface area contributed by atoms with Crippen molar-refractivity contribution < 1.29 is 14.3 Å². The second kappa shape index (κ2) is 7.08. The summed E-state index contributed by atoms with van der Waals surface area (Å²) in [5, 5.41) is 3.88. The zero-order valence-corrected chi connectivity index (χ0v) is 13.4. The molecule has 7 nitrogen and oxygen atoms in total. The monoisotopic (exact) mass is 366 g/mol. The molecule has 1 fully saturated rings. The van der Waals surface area contributed by atoms with E-state index in [0.29, 0.717) is 17.0 Å². The summed E-state index contributed by atoms with van der Waals surface area (Å²) in [7, 11) is 1.55. The van der Waals surface area contributed by atoms with Crippen LogP contribution in [0.5, 0.6) is 5.75 Å². The number of hydrogen-bond acceptors (Lipinski definition) is 5. The van der Waals surface area contributed by atoms with E-state index in [1.165, 1.54) is 6.21 Å². The molecule has 1 atom stereocenters. The average Bonchev–Trinajstić information content (AvgIpc) is 2.79. The van der Waals surface area contributed by atoms with E-state index >= 15 is 0 Å². The van der Waals surface area contributed by atoms with Crippen LogP contribution >= 0.6 is 15.9 Å². The van der Waals surface area contributed by atoms with Gasteiger partial charge in [-0.1, -0.05) is 22.5 Å². The molecule has 1 aromatic carbocycles. The summed E-state index contributed by atoms with van der Waals surface area (Å²) in [6, 6.07) is 5.43. The van der Waals surface area contributed by atoms with Gasteiger partial charge in [0, 0.05) is 22.2 Å². The second-order valence-electron chi connectivity index (χ2n) is 4.58. The van der Waals surface area contributed by atoms with E-state index < -0.39 is 5.92 Å². The highest BCUT2D eigenvalue weighted by molar-refractivity contribution is 9.10. The van der Waals surface area contributed by atoms with Crippen molar-refractivity contribution in [2.75, 3.05) is 7.11 Å². The summed E-state index contributed by atoms with van der Waals surface area (Å²) >= 11 is 3.35. The van der Waals surface area contributed by atoms with Crippen LogP contribution in [0.1, 0.15) is 12.0 Å². The summed E-state index contributed by atoms with van der Waals surface area (Å²) in [5.41, 5.74) is 8.55.